The van der Waals surface area contributed by atoms with Gasteiger partial charge < -0.3 is 10.9 Å². The Labute approximate surface area is 120 Å². The van der Waals surface area contributed by atoms with E-state index in [4.69, 9.17) is 10.9 Å². The summed E-state index contributed by atoms with van der Waals surface area (Å²) in [5, 5.41) is 11.4. The summed E-state index contributed by atoms with van der Waals surface area (Å²) in [4.78, 5) is 0.167. The van der Waals surface area contributed by atoms with Gasteiger partial charge in [-0.05, 0) is 24.6 Å². The average Bonchev–Trinajstić information content (AvgIpc) is 2.37. The summed E-state index contributed by atoms with van der Waals surface area (Å²) < 4.78 is 27.5. The smallest absolute Gasteiger partial charge is 0.240 e. The zero-order valence-corrected chi connectivity index (χ0v) is 12.8. The van der Waals surface area contributed by atoms with Crippen molar-refractivity contribution < 1.29 is 13.6 Å². The Morgan fingerprint density at radius 3 is 2.79 bits per heavy atom. The van der Waals surface area contributed by atoms with Crippen LogP contribution in [-0.4, -0.2) is 25.5 Å². The molecule has 106 valence electrons. The first-order chi connectivity index (χ1) is 8.89. The molecular weight excluding hydrogens is 334 g/mol. The zero-order valence-electron chi connectivity index (χ0n) is 10.4. The fourth-order valence-corrected chi connectivity index (χ4v) is 3.40. The Morgan fingerprint density at radius 2 is 2.26 bits per heavy atom. The van der Waals surface area contributed by atoms with E-state index in [0.717, 1.165) is 0 Å². The standard InChI is InChI=1S/C11H16BrN3O3S/c1-2-9(7-11(13)14-16)15-19(17,18)10-5-3-4-8(12)6-10/h3-6,9,15-16H,2,7H2,1H3,(H2,13,14). The summed E-state index contributed by atoms with van der Waals surface area (Å²) in [6.45, 7) is 1.82. The molecule has 0 saturated heterocycles. The van der Waals surface area contributed by atoms with E-state index in [0.29, 0.717) is 10.9 Å². The quantitative estimate of drug-likeness (QED) is 0.314. The van der Waals surface area contributed by atoms with E-state index in [-0.39, 0.29) is 17.2 Å². The van der Waals surface area contributed by atoms with Gasteiger partial charge in [0.05, 0.1) is 4.90 Å². The summed E-state index contributed by atoms with van der Waals surface area (Å²) >= 11 is 3.22. The SMILES string of the molecule is CCC(CC(N)=NO)NS(=O)(=O)c1cccc(Br)c1. The van der Waals surface area contributed by atoms with Crippen molar-refractivity contribution in [3.8, 4) is 0 Å². The maximum Gasteiger partial charge on any atom is 0.240 e. The molecule has 0 aliphatic carbocycles. The number of amidine groups is 1. The second-order valence-corrected chi connectivity index (χ2v) is 6.61. The molecule has 0 aromatic heterocycles. The molecule has 0 heterocycles. The molecule has 0 aliphatic rings. The van der Waals surface area contributed by atoms with Crippen LogP contribution in [0.4, 0.5) is 0 Å². The number of nitrogens with zero attached hydrogens (tertiary/aromatic N) is 1. The average molecular weight is 350 g/mol. The van der Waals surface area contributed by atoms with Crippen LogP contribution < -0.4 is 10.5 Å². The molecule has 19 heavy (non-hydrogen) atoms. The first kappa shape index (κ1) is 15.9. The molecule has 1 aromatic rings. The maximum atomic E-state index is 12.1. The van der Waals surface area contributed by atoms with E-state index in [1.165, 1.54) is 12.1 Å². The van der Waals surface area contributed by atoms with Crippen molar-refractivity contribution in [2.75, 3.05) is 0 Å². The molecule has 0 fully saturated rings. The maximum absolute atomic E-state index is 12.1. The van der Waals surface area contributed by atoms with Gasteiger partial charge in [0.15, 0.2) is 0 Å². The number of benzene rings is 1. The van der Waals surface area contributed by atoms with Crippen LogP contribution in [0.15, 0.2) is 38.8 Å². The molecule has 0 amide bonds. The van der Waals surface area contributed by atoms with Gasteiger partial charge in [-0.15, -0.1) is 0 Å². The monoisotopic (exact) mass is 349 g/mol. The first-order valence-corrected chi connectivity index (χ1v) is 7.91. The van der Waals surface area contributed by atoms with Crippen LogP contribution in [0.1, 0.15) is 19.8 Å². The number of halogens is 1. The Kier molecular flexibility index (Phi) is 5.77. The zero-order chi connectivity index (χ0) is 14.5. The minimum absolute atomic E-state index is 0.0104. The Hall–Kier alpha value is -1.12. The predicted molar refractivity (Wildman–Crippen MR) is 76.6 cm³/mol. The van der Waals surface area contributed by atoms with Gasteiger partial charge in [0.1, 0.15) is 5.84 Å². The highest BCUT2D eigenvalue weighted by Gasteiger charge is 2.20. The largest absolute Gasteiger partial charge is 0.409 e. The number of nitrogens with one attached hydrogen (secondary N) is 1. The molecule has 6 nitrogen and oxygen atoms in total. The van der Waals surface area contributed by atoms with Crippen molar-refractivity contribution in [3.05, 3.63) is 28.7 Å². The summed E-state index contributed by atoms with van der Waals surface area (Å²) in [6, 6.07) is 5.98. The molecule has 8 heteroatoms. The number of sulfonamides is 1. The van der Waals surface area contributed by atoms with E-state index >= 15 is 0 Å². The van der Waals surface area contributed by atoms with E-state index in [1.54, 1.807) is 12.1 Å². The number of hydrogen-bond acceptors (Lipinski definition) is 4. The van der Waals surface area contributed by atoms with Gasteiger partial charge in [-0.25, -0.2) is 13.1 Å². The normalized spacial score (nSPS) is 14.3. The van der Waals surface area contributed by atoms with Gasteiger partial charge >= 0.3 is 0 Å². The van der Waals surface area contributed by atoms with Crippen molar-refractivity contribution >= 4 is 31.8 Å². The van der Waals surface area contributed by atoms with Crippen molar-refractivity contribution in [2.45, 2.75) is 30.7 Å². The van der Waals surface area contributed by atoms with Crippen LogP contribution in [-0.2, 0) is 10.0 Å². The lowest BCUT2D eigenvalue weighted by atomic mass is 10.1. The summed E-state index contributed by atoms with van der Waals surface area (Å²) in [7, 11) is -3.62. The van der Waals surface area contributed by atoms with Crippen LogP contribution in [0.2, 0.25) is 0 Å². The lowest BCUT2D eigenvalue weighted by Gasteiger charge is -2.16. The second kappa shape index (κ2) is 6.88. The lowest BCUT2D eigenvalue weighted by molar-refractivity contribution is 0.316. The minimum atomic E-state index is -3.62. The molecule has 0 saturated carbocycles. The molecule has 1 atom stereocenters. The molecule has 1 aromatic carbocycles. The number of hydrogen-bond donors (Lipinski definition) is 3. The van der Waals surface area contributed by atoms with E-state index < -0.39 is 16.1 Å². The molecular formula is C11H16BrN3O3S. The number of nitrogens with two attached hydrogens (primary N) is 1. The van der Waals surface area contributed by atoms with Crippen LogP contribution in [0.3, 0.4) is 0 Å². The van der Waals surface area contributed by atoms with E-state index in [2.05, 4.69) is 25.8 Å². The minimum Gasteiger partial charge on any atom is -0.409 e. The van der Waals surface area contributed by atoms with Crippen molar-refractivity contribution in [1.29, 1.82) is 0 Å². The highest BCUT2D eigenvalue weighted by Crippen LogP contribution is 2.16. The van der Waals surface area contributed by atoms with Gasteiger partial charge in [0.25, 0.3) is 0 Å². The van der Waals surface area contributed by atoms with E-state index in [1.807, 2.05) is 6.92 Å². The van der Waals surface area contributed by atoms with Gasteiger partial charge in [-0.3, -0.25) is 0 Å². The van der Waals surface area contributed by atoms with Crippen molar-refractivity contribution in [3.63, 3.8) is 0 Å². The lowest BCUT2D eigenvalue weighted by Crippen LogP contribution is -2.37. The molecule has 0 radical (unpaired) electrons. The van der Waals surface area contributed by atoms with Crippen molar-refractivity contribution in [2.24, 2.45) is 10.9 Å². The highest BCUT2D eigenvalue weighted by atomic mass is 79.9. The molecule has 0 aliphatic heterocycles. The van der Waals surface area contributed by atoms with Crippen molar-refractivity contribution in [1.82, 2.24) is 4.72 Å². The van der Waals surface area contributed by atoms with Gasteiger partial charge in [-0.2, -0.15) is 0 Å². The van der Waals surface area contributed by atoms with Crippen LogP contribution >= 0.6 is 15.9 Å². The first-order valence-electron chi connectivity index (χ1n) is 5.63. The molecule has 0 bridgehead atoms. The number of rotatable bonds is 6. The predicted octanol–water partition coefficient (Wildman–Crippen LogP) is 1.64. The number of oxime groups is 1. The van der Waals surface area contributed by atoms with Crippen LogP contribution in [0, 0.1) is 0 Å². The second-order valence-electron chi connectivity index (χ2n) is 3.98. The fourth-order valence-electron chi connectivity index (χ4n) is 1.48. The van der Waals surface area contributed by atoms with E-state index in [9.17, 15) is 8.42 Å². The Bertz CT molecular complexity index is 560. The Balaban J connectivity index is 2.89. The molecule has 0 spiro atoms. The molecule has 1 unspecified atom stereocenters. The Morgan fingerprint density at radius 1 is 1.58 bits per heavy atom. The fraction of sp³-hybridized carbons (Fsp3) is 0.364. The summed E-state index contributed by atoms with van der Waals surface area (Å²) in [5.41, 5.74) is 5.39. The van der Waals surface area contributed by atoms with Crippen LogP contribution in [0.5, 0.6) is 0 Å². The highest BCUT2D eigenvalue weighted by molar-refractivity contribution is 9.10. The van der Waals surface area contributed by atoms with Crippen LogP contribution in [0.25, 0.3) is 0 Å². The van der Waals surface area contributed by atoms with Gasteiger partial charge in [0, 0.05) is 16.9 Å². The third-order valence-corrected chi connectivity index (χ3v) is 4.52. The topological polar surface area (TPSA) is 105 Å². The summed E-state index contributed by atoms with van der Waals surface area (Å²) in [6.07, 6.45) is 0.684. The van der Waals surface area contributed by atoms with Gasteiger partial charge in [-0.1, -0.05) is 34.1 Å². The summed E-state index contributed by atoms with van der Waals surface area (Å²) in [5.74, 6) is -0.0104. The third kappa shape index (κ3) is 4.81. The molecule has 1 rings (SSSR count). The van der Waals surface area contributed by atoms with Gasteiger partial charge in [0.2, 0.25) is 10.0 Å². The molecule has 4 N–H and O–H groups in total. The third-order valence-electron chi connectivity index (χ3n) is 2.50.